The van der Waals surface area contributed by atoms with Crippen LogP contribution in [0.25, 0.3) is 0 Å². The number of halogens is 1. The number of aromatic nitrogens is 1. The molecular formula is C50H63FN4O6S. The van der Waals surface area contributed by atoms with Gasteiger partial charge in [0.1, 0.15) is 16.5 Å². The van der Waals surface area contributed by atoms with Crippen molar-refractivity contribution >= 4 is 40.8 Å². The second kappa shape index (κ2) is 24.2. The third kappa shape index (κ3) is 15.1. The third-order valence-electron chi connectivity index (χ3n) is 10.9. The summed E-state index contributed by atoms with van der Waals surface area (Å²) >= 11 is 1.18. The second-order valence-corrected chi connectivity index (χ2v) is 17.8. The molecule has 0 aliphatic rings. The number of esters is 1. The number of carbonyl (C=O) groups excluding carboxylic acids is 3. The van der Waals surface area contributed by atoms with Crippen molar-refractivity contribution in [1.29, 1.82) is 0 Å². The van der Waals surface area contributed by atoms with Crippen LogP contribution in [0.2, 0.25) is 0 Å². The van der Waals surface area contributed by atoms with E-state index in [0.29, 0.717) is 48.7 Å². The topological polar surface area (TPSA) is 129 Å². The molecule has 3 unspecified atom stereocenters. The van der Waals surface area contributed by atoms with Gasteiger partial charge in [-0.3, -0.25) is 19.2 Å². The Morgan fingerprint density at radius 2 is 1.60 bits per heavy atom. The van der Waals surface area contributed by atoms with Gasteiger partial charge in [-0.15, -0.1) is 23.7 Å². The number of ether oxygens (including phenoxy) is 1. The number of anilines is 1. The van der Waals surface area contributed by atoms with Crippen molar-refractivity contribution in [2.24, 2.45) is 11.3 Å². The highest BCUT2D eigenvalue weighted by molar-refractivity contribution is 7.09. The average Bonchev–Trinajstić information content (AvgIpc) is 3.73. The third-order valence-corrected chi connectivity index (χ3v) is 11.9. The quantitative estimate of drug-likeness (QED) is 0.0383. The maximum Gasteiger partial charge on any atom is 0.309 e. The zero-order valence-corrected chi connectivity index (χ0v) is 37.9. The minimum Gasteiger partial charge on any atom is -0.481 e. The number of carboxylic acid groups (broad SMARTS) is 1. The van der Waals surface area contributed by atoms with Gasteiger partial charge in [-0.1, -0.05) is 93.9 Å². The second-order valence-electron chi connectivity index (χ2n) is 16.9. The van der Waals surface area contributed by atoms with Crippen LogP contribution >= 0.6 is 11.3 Å². The molecule has 12 heteroatoms. The molecule has 0 radical (unpaired) electrons. The van der Waals surface area contributed by atoms with Gasteiger partial charge in [0.15, 0.2) is 6.10 Å². The standard InChI is InChI=1S/C50H63FN4O6S/c1-8-10-12-19-27-55(46(57)24-11-9-2)43(35(3)4)30-45(61-36(5)56)48-53-42(34-62-48)47(58)52-40(31-50(6,7)49(59)60)28-39-25-26-41(51)44(29-39)54(32-37-20-15-13-16-21-37)33-38-22-17-14-18-23-38/h1,13-18,20-23,25-26,29,34-35,40,43,45H,9-12,19,24,27-28,30-33H2,2-7H3,(H,52,58)(H,59,60). The first kappa shape index (κ1) is 49.1. The zero-order chi connectivity index (χ0) is 45.2. The predicted octanol–water partition coefficient (Wildman–Crippen LogP) is 10.2. The molecule has 0 saturated carbocycles. The fourth-order valence-electron chi connectivity index (χ4n) is 7.56. The Kier molecular flexibility index (Phi) is 19.2. The summed E-state index contributed by atoms with van der Waals surface area (Å²) in [6, 6.07) is 23.5. The molecule has 4 aromatic rings. The van der Waals surface area contributed by atoms with E-state index in [-0.39, 0.29) is 42.8 Å². The van der Waals surface area contributed by atoms with Crippen LogP contribution in [0.1, 0.15) is 131 Å². The summed E-state index contributed by atoms with van der Waals surface area (Å²) in [6.07, 6.45) is 9.43. The summed E-state index contributed by atoms with van der Waals surface area (Å²) in [6.45, 7) is 12.0. The number of thiazole rings is 1. The lowest BCUT2D eigenvalue weighted by molar-refractivity contribution is -0.149. The Balaban J connectivity index is 1.62. The molecule has 0 aliphatic carbocycles. The molecule has 0 fully saturated rings. The first-order chi connectivity index (χ1) is 29.6. The maximum absolute atomic E-state index is 15.8. The van der Waals surface area contributed by atoms with Crippen molar-refractivity contribution in [2.45, 2.75) is 131 Å². The largest absolute Gasteiger partial charge is 0.481 e. The van der Waals surface area contributed by atoms with Crippen LogP contribution < -0.4 is 10.2 Å². The number of benzene rings is 3. The molecule has 332 valence electrons. The molecule has 3 atom stereocenters. The van der Waals surface area contributed by atoms with Crippen molar-refractivity contribution in [3.63, 3.8) is 0 Å². The summed E-state index contributed by atoms with van der Waals surface area (Å²) in [5, 5.41) is 15.2. The van der Waals surface area contributed by atoms with Gasteiger partial charge in [-0.2, -0.15) is 0 Å². The minimum atomic E-state index is -1.21. The number of nitrogens with zero attached hydrogens (tertiary/aromatic N) is 3. The number of carbonyl (C=O) groups is 4. The number of hydrogen-bond acceptors (Lipinski definition) is 8. The van der Waals surface area contributed by atoms with E-state index in [1.807, 2.05) is 91.2 Å². The SMILES string of the molecule is C#CCCCCN(C(=O)CCCC)C(CC(OC(C)=O)c1nc(C(=O)NC(Cc2ccc(F)c(N(Cc3ccccc3)Cc3ccccc3)c2)CC(C)(C)C(=O)O)cs1)C(C)C. The fourth-order valence-corrected chi connectivity index (χ4v) is 8.40. The number of carboxylic acids is 1. The Labute approximate surface area is 371 Å². The normalized spacial score (nSPS) is 12.8. The number of amides is 2. The van der Waals surface area contributed by atoms with E-state index in [0.717, 1.165) is 36.8 Å². The van der Waals surface area contributed by atoms with E-state index < -0.39 is 41.2 Å². The molecule has 0 bridgehead atoms. The number of unbranched alkanes of at least 4 members (excludes halogenated alkanes) is 3. The molecule has 0 saturated heterocycles. The van der Waals surface area contributed by atoms with E-state index in [4.69, 9.17) is 11.2 Å². The molecular weight excluding hydrogens is 804 g/mol. The Bertz CT molecular complexity index is 2060. The van der Waals surface area contributed by atoms with E-state index in [2.05, 4.69) is 16.2 Å². The molecule has 2 N–H and O–H groups in total. The molecule has 0 aliphatic heterocycles. The first-order valence-corrected chi connectivity index (χ1v) is 22.5. The molecule has 3 aromatic carbocycles. The highest BCUT2D eigenvalue weighted by Gasteiger charge is 2.34. The lowest BCUT2D eigenvalue weighted by Gasteiger charge is -2.36. The molecule has 2 amide bonds. The number of nitrogens with one attached hydrogen (secondary N) is 1. The lowest BCUT2D eigenvalue weighted by atomic mass is 9.83. The van der Waals surface area contributed by atoms with E-state index >= 15 is 4.39 Å². The van der Waals surface area contributed by atoms with Crippen molar-refractivity contribution in [3.05, 3.63) is 117 Å². The van der Waals surface area contributed by atoms with Gasteiger partial charge < -0.3 is 25.0 Å². The number of terminal acetylenes is 1. The number of rotatable bonds is 25. The van der Waals surface area contributed by atoms with E-state index in [1.54, 1.807) is 31.4 Å². The number of hydrogen-bond donors (Lipinski definition) is 2. The van der Waals surface area contributed by atoms with Gasteiger partial charge >= 0.3 is 11.9 Å². The highest BCUT2D eigenvalue weighted by Crippen LogP contribution is 2.33. The molecule has 1 aromatic heterocycles. The maximum atomic E-state index is 15.8. The first-order valence-electron chi connectivity index (χ1n) is 21.6. The lowest BCUT2D eigenvalue weighted by Crippen LogP contribution is -2.45. The van der Waals surface area contributed by atoms with Gasteiger partial charge in [0.2, 0.25) is 5.91 Å². The van der Waals surface area contributed by atoms with Crippen molar-refractivity contribution in [2.75, 3.05) is 11.4 Å². The fraction of sp³-hybridized carbons (Fsp3) is 0.460. The summed E-state index contributed by atoms with van der Waals surface area (Å²) < 4.78 is 21.6. The van der Waals surface area contributed by atoms with Crippen molar-refractivity contribution in [3.8, 4) is 12.3 Å². The van der Waals surface area contributed by atoms with Crippen molar-refractivity contribution in [1.82, 2.24) is 15.2 Å². The summed E-state index contributed by atoms with van der Waals surface area (Å²) in [4.78, 5) is 61.0. The van der Waals surface area contributed by atoms with Gasteiger partial charge in [-0.25, -0.2) is 9.37 Å². The van der Waals surface area contributed by atoms with Crippen LogP contribution in [-0.4, -0.2) is 57.4 Å². The highest BCUT2D eigenvalue weighted by atomic mass is 32.1. The summed E-state index contributed by atoms with van der Waals surface area (Å²) in [7, 11) is 0. The van der Waals surface area contributed by atoms with Crippen LogP contribution in [0.15, 0.2) is 84.2 Å². The van der Waals surface area contributed by atoms with Gasteiger partial charge in [0.25, 0.3) is 5.91 Å². The molecule has 0 spiro atoms. The van der Waals surface area contributed by atoms with E-state index in [9.17, 15) is 24.3 Å². The predicted molar refractivity (Wildman–Crippen MR) is 244 cm³/mol. The molecule has 1 heterocycles. The molecule has 10 nitrogen and oxygen atoms in total. The average molecular weight is 867 g/mol. The van der Waals surface area contributed by atoms with E-state index in [1.165, 1.54) is 24.3 Å². The van der Waals surface area contributed by atoms with Gasteiger partial charge in [-0.05, 0) is 80.7 Å². The minimum absolute atomic E-state index is 0.0167. The smallest absolute Gasteiger partial charge is 0.309 e. The Morgan fingerprint density at radius 3 is 2.16 bits per heavy atom. The zero-order valence-electron chi connectivity index (χ0n) is 37.1. The van der Waals surface area contributed by atoms with Crippen LogP contribution in [0.5, 0.6) is 0 Å². The molecule has 62 heavy (non-hydrogen) atoms. The summed E-state index contributed by atoms with van der Waals surface area (Å²) in [5.74, 6) is 0.254. The Hall–Kier alpha value is -5.54. The Morgan fingerprint density at radius 1 is 0.952 bits per heavy atom. The monoisotopic (exact) mass is 866 g/mol. The van der Waals surface area contributed by atoms with Crippen LogP contribution in [-0.2, 0) is 38.6 Å². The van der Waals surface area contributed by atoms with Gasteiger partial charge in [0, 0.05) is 63.3 Å². The molecule has 4 rings (SSSR count). The van der Waals surface area contributed by atoms with Crippen LogP contribution in [0.3, 0.4) is 0 Å². The van der Waals surface area contributed by atoms with Crippen molar-refractivity contribution < 1.29 is 33.4 Å². The summed E-state index contributed by atoms with van der Waals surface area (Å²) in [5.41, 5.74) is 1.99. The van der Waals surface area contributed by atoms with Gasteiger partial charge in [0.05, 0.1) is 11.1 Å². The van der Waals surface area contributed by atoms with Crippen LogP contribution in [0.4, 0.5) is 10.1 Å². The number of aliphatic carboxylic acids is 1. The van der Waals surface area contributed by atoms with Crippen LogP contribution in [0, 0.1) is 29.5 Å².